The molecule has 0 radical (unpaired) electrons. The zero-order valence-electron chi connectivity index (χ0n) is 10.4. The monoisotopic (exact) mass is 271 g/mol. The Labute approximate surface area is 110 Å². The van der Waals surface area contributed by atoms with Gasteiger partial charge in [0.05, 0.1) is 19.3 Å². The van der Waals surface area contributed by atoms with Crippen molar-refractivity contribution in [3.8, 4) is 0 Å². The van der Waals surface area contributed by atoms with Crippen molar-refractivity contribution in [2.75, 3.05) is 33.4 Å². The van der Waals surface area contributed by atoms with E-state index >= 15 is 0 Å². The molecule has 100 valence electrons. The lowest BCUT2D eigenvalue weighted by molar-refractivity contribution is -0.0173. The first kappa shape index (κ1) is 13.4. The molecule has 0 N–H and O–H groups in total. The summed E-state index contributed by atoms with van der Waals surface area (Å²) >= 11 is 1.19. The van der Waals surface area contributed by atoms with Crippen LogP contribution in [-0.2, 0) is 9.47 Å². The van der Waals surface area contributed by atoms with E-state index in [2.05, 4.69) is 9.59 Å². The molecule has 1 aromatic heterocycles. The molecule has 1 saturated heterocycles. The van der Waals surface area contributed by atoms with E-state index in [0.29, 0.717) is 25.5 Å². The highest BCUT2D eigenvalue weighted by Gasteiger charge is 2.26. The van der Waals surface area contributed by atoms with Crippen molar-refractivity contribution in [1.82, 2.24) is 14.5 Å². The van der Waals surface area contributed by atoms with Crippen LogP contribution in [0.3, 0.4) is 0 Å². The summed E-state index contributed by atoms with van der Waals surface area (Å²) in [5, 5.41) is 5.49. The van der Waals surface area contributed by atoms with Crippen LogP contribution in [0.15, 0.2) is 5.38 Å². The van der Waals surface area contributed by atoms with Crippen LogP contribution in [0.2, 0.25) is 0 Å². The van der Waals surface area contributed by atoms with E-state index in [0.717, 1.165) is 19.4 Å². The molecule has 18 heavy (non-hydrogen) atoms. The molecule has 0 bridgehead atoms. The first-order chi connectivity index (χ1) is 8.81. The van der Waals surface area contributed by atoms with Gasteiger partial charge in [-0.15, -0.1) is 5.10 Å². The van der Waals surface area contributed by atoms with Gasteiger partial charge in [-0.05, 0) is 24.4 Å². The van der Waals surface area contributed by atoms with Gasteiger partial charge in [0.25, 0.3) is 5.91 Å². The number of hydrogen-bond donors (Lipinski definition) is 0. The summed E-state index contributed by atoms with van der Waals surface area (Å²) in [6.07, 6.45) is 2.05. The third-order valence-electron chi connectivity index (χ3n) is 2.89. The van der Waals surface area contributed by atoms with Crippen molar-refractivity contribution in [3.63, 3.8) is 0 Å². The van der Waals surface area contributed by atoms with E-state index in [1.165, 1.54) is 11.5 Å². The molecular formula is C11H17N3O3S. The molecule has 0 aliphatic carbocycles. The van der Waals surface area contributed by atoms with Gasteiger partial charge in [0.15, 0.2) is 5.69 Å². The fourth-order valence-electron chi connectivity index (χ4n) is 1.98. The first-order valence-electron chi connectivity index (χ1n) is 5.98. The molecule has 7 heteroatoms. The Morgan fingerprint density at radius 2 is 2.50 bits per heavy atom. The summed E-state index contributed by atoms with van der Waals surface area (Å²) < 4.78 is 14.3. The number of amides is 1. The van der Waals surface area contributed by atoms with Crippen LogP contribution < -0.4 is 0 Å². The molecule has 2 rings (SSSR count). The molecule has 1 aliphatic rings. The standard InChI is InChI=1S/C11H17N3O3S/c1-16-5-6-17-9-3-2-4-14(7-9)11(15)10-8-18-13-12-10/h8-9H,2-7H2,1H3. The van der Waals surface area contributed by atoms with E-state index in [-0.39, 0.29) is 12.0 Å². The lowest BCUT2D eigenvalue weighted by Gasteiger charge is -2.32. The molecule has 1 atom stereocenters. The Bertz CT molecular complexity index is 372. The van der Waals surface area contributed by atoms with Crippen LogP contribution in [-0.4, -0.2) is 59.9 Å². The van der Waals surface area contributed by atoms with Crippen LogP contribution in [0.4, 0.5) is 0 Å². The van der Waals surface area contributed by atoms with Gasteiger partial charge in [0, 0.05) is 25.6 Å². The second-order valence-corrected chi connectivity index (χ2v) is 4.78. The number of rotatable bonds is 5. The number of carbonyl (C=O) groups is 1. The predicted octanol–water partition coefficient (Wildman–Crippen LogP) is 0.806. The quantitative estimate of drug-likeness (QED) is 0.741. The van der Waals surface area contributed by atoms with Gasteiger partial charge in [-0.2, -0.15) is 0 Å². The second-order valence-electron chi connectivity index (χ2n) is 4.17. The second kappa shape index (κ2) is 6.77. The average Bonchev–Trinajstić information content (AvgIpc) is 2.92. The number of aromatic nitrogens is 2. The van der Waals surface area contributed by atoms with E-state index in [4.69, 9.17) is 9.47 Å². The topological polar surface area (TPSA) is 64.6 Å². The van der Waals surface area contributed by atoms with Crippen molar-refractivity contribution in [2.45, 2.75) is 18.9 Å². The van der Waals surface area contributed by atoms with Crippen LogP contribution >= 0.6 is 11.5 Å². The highest BCUT2D eigenvalue weighted by atomic mass is 32.1. The first-order valence-corrected chi connectivity index (χ1v) is 6.82. The average molecular weight is 271 g/mol. The molecule has 1 unspecified atom stereocenters. The smallest absolute Gasteiger partial charge is 0.275 e. The van der Waals surface area contributed by atoms with Gasteiger partial charge >= 0.3 is 0 Å². The number of ether oxygens (including phenoxy) is 2. The molecule has 0 saturated carbocycles. The Hall–Kier alpha value is -1.05. The summed E-state index contributed by atoms with van der Waals surface area (Å²) in [6, 6.07) is 0. The molecule has 1 fully saturated rings. The molecule has 1 aromatic rings. The summed E-state index contributed by atoms with van der Waals surface area (Å²) in [5.41, 5.74) is 0.428. The van der Waals surface area contributed by atoms with Crippen LogP contribution in [0, 0.1) is 0 Å². The van der Waals surface area contributed by atoms with Crippen molar-refractivity contribution >= 4 is 17.4 Å². The van der Waals surface area contributed by atoms with Gasteiger partial charge in [0.2, 0.25) is 0 Å². The molecular weight excluding hydrogens is 254 g/mol. The van der Waals surface area contributed by atoms with Crippen LogP contribution in [0.1, 0.15) is 23.3 Å². The molecule has 2 heterocycles. The highest BCUT2D eigenvalue weighted by Crippen LogP contribution is 2.15. The third kappa shape index (κ3) is 3.47. The van der Waals surface area contributed by atoms with Crippen LogP contribution in [0.5, 0.6) is 0 Å². The predicted molar refractivity (Wildman–Crippen MR) is 66.7 cm³/mol. The Morgan fingerprint density at radius 3 is 3.22 bits per heavy atom. The number of hydrogen-bond acceptors (Lipinski definition) is 6. The van der Waals surface area contributed by atoms with E-state index in [1.807, 2.05) is 0 Å². The number of carbonyl (C=O) groups excluding carboxylic acids is 1. The van der Waals surface area contributed by atoms with Crippen molar-refractivity contribution < 1.29 is 14.3 Å². The van der Waals surface area contributed by atoms with Crippen molar-refractivity contribution in [3.05, 3.63) is 11.1 Å². The van der Waals surface area contributed by atoms with E-state index < -0.39 is 0 Å². The summed E-state index contributed by atoms with van der Waals surface area (Å²) in [4.78, 5) is 13.9. The maximum atomic E-state index is 12.1. The maximum absolute atomic E-state index is 12.1. The normalized spacial score (nSPS) is 20.1. The zero-order chi connectivity index (χ0) is 12.8. The third-order valence-corrected chi connectivity index (χ3v) is 3.39. The van der Waals surface area contributed by atoms with Gasteiger partial charge in [-0.1, -0.05) is 4.49 Å². The fraction of sp³-hybridized carbons (Fsp3) is 0.727. The van der Waals surface area contributed by atoms with E-state index in [1.54, 1.807) is 17.4 Å². The number of nitrogens with zero attached hydrogens (tertiary/aromatic N) is 3. The summed E-state index contributed by atoms with van der Waals surface area (Å²) in [7, 11) is 1.65. The number of piperidine rings is 1. The number of likely N-dealkylation sites (tertiary alicyclic amines) is 1. The Morgan fingerprint density at radius 1 is 1.61 bits per heavy atom. The van der Waals surface area contributed by atoms with Gasteiger partial charge in [0.1, 0.15) is 0 Å². The van der Waals surface area contributed by atoms with Gasteiger partial charge in [-0.3, -0.25) is 4.79 Å². The molecule has 1 aliphatic heterocycles. The molecule has 6 nitrogen and oxygen atoms in total. The minimum atomic E-state index is -0.0520. The van der Waals surface area contributed by atoms with Gasteiger partial charge < -0.3 is 14.4 Å². The molecule has 1 amide bonds. The fourth-order valence-corrected chi connectivity index (χ4v) is 2.41. The highest BCUT2D eigenvalue weighted by molar-refractivity contribution is 7.03. The maximum Gasteiger partial charge on any atom is 0.275 e. The summed E-state index contributed by atoms with van der Waals surface area (Å²) in [6.45, 7) is 2.54. The lowest BCUT2D eigenvalue weighted by Crippen LogP contribution is -2.43. The Balaban J connectivity index is 1.84. The number of methoxy groups -OCH3 is 1. The van der Waals surface area contributed by atoms with E-state index in [9.17, 15) is 4.79 Å². The Kier molecular flexibility index (Phi) is 5.03. The van der Waals surface area contributed by atoms with Crippen molar-refractivity contribution in [1.29, 1.82) is 0 Å². The van der Waals surface area contributed by atoms with Gasteiger partial charge in [-0.25, -0.2) is 0 Å². The largest absolute Gasteiger partial charge is 0.382 e. The minimum absolute atomic E-state index is 0.0520. The zero-order valence-corrected chi connectivity index (χ0v) is 11.2. The summed E-state index contributed by atoms with van der Waals surface area (Å²) in [5.74, 6) is -0.0520. The van der Waals surface area contributed by atoms with Crippen molar-refractivity contribution in [2.24, 2.45) is 0 Å². The minimum Gasteiger partial charge on any atom is -0.382 e. The lowest BCUT2D eigenvalue weighted by atomic mass is 10.1. The molecule has 0 spiro atoms. The van der Waals surface area contributed by atoms with Crippen LogP contribution in [0.25, 0.3) is 0 Å². The molecule has 0 aromatic carbocycles. The SMILES string of the molecule is COCCOC1CCCN(C(=O)c2csnn2)C1.